The Morgan fingerprint density at radius 2 is 1.85 bits per heavy atom. The molecule has 1 N–H and O–H groups in total. The van der Waals surface area contributed by atoms with Gasteiger partial charge in [-0.05, 0) is 30.5 Å². The molecule has 1 aliphatic heterocycles. The van der Waals surface area contributed by atoms with Crippen LogP contribution < -0.4 is 4.90 Å². The summed E-state index contributed by atoms with van der Waals surface area (Å²) in [6.07, 6.45) is 0.479. The first kappa shape index (κ1) is 18.8. The Morgan fingerprint density at radius 3 is 2.48 bits per heavy atom. The van der Waals surface area contributed by atoms with Gasteiger partial charge in [0.05, 0.1) is 23.7 Å². The molecule has 5 nitrogen and oxygen atoms in total. The van der Waals surface area contributed by atoms with E-state index in [0.29, 0.717) is 34.8 Å². The summed E-state index contributed by atoms with van der Waals surface area (Å²) in [4.78, 5) is 27.3. The van der Waals surface area contributed by atoms with Crippen LogP contribution in [-0.4, -0.2) is 23.3 Å². The number of carbonyl (C=O) groups excluding carboxylic acids is 2. The van der Waals surface area contributed by atoms with Crippen molar-refractivity contribution in [2.24, 2.45) is 5.92 Å². The van der Waals surface area contributed by atoms with Gasteiger partial charge in [0.25, 0.3) is 5.91 Å². The highest BCUT2D eigenvalue weighted by Gasteiger charge is 2.50. The minimum Gasteiger partial charge on any atom is -0.375 e. The predicted octanol–water partition coefficient (Wildman–Crippen LogP) is 3.41. The Bertz CT molecular complexity index is 912. The van der Waals surface area contributed by atoms with Crippen molar-refractivity contribution in [3.8, 4) is 6.07 Å². The summed E-state index contributed by atoms with van der Waals surface area (Å²) in [6.45, 7) is 4.65. The molecule has 0 bridgehead atoms. The summed E-state index contributed by atoms with van der Waals surface area (Å²) < 4.78 is 0. The van der Waals surface area contributed by atoms with Gasteiger partial charge in [-0.1, -0.05) is 44.2 Å². The monoisotopic (exact) mass is 362 g/mol. The third-order valence-corrected chi connectivity index (χ3v) is 4.92. The van der Waals surface area contributed by atoms with Gasteiger partial charge in [0, 0.05) is 17.7 Å². The van der Waals surface area contributed by atoms with Crippen LogP contribution in [0.15, 0.2) is 48.5 Å². The zero-order valence-corrected chi connectivity index (χ0v) is 15.5. The van der Waals surface area contributed by atoms with E-state index in [2.05, 4.69) is 13.8 Å². The summed E-state index contributed by atoms with van der Waals surface area (Å²) in [5.74, 6) is -0.374. The Balaban J connectivity index is 1.90. The molecule has 0 saturated heterocycles. The molecular weight excluding hydrogens is 340 g/mol. The lowest BCUT2D eigenvalue weighted by Gasteiger charge is -2.23. The normalized spacial score (nSPS) is 18.5. The molecule has 0 spiro atoms. The van der Waals surface area contributed by atoms with E-state index >= 15 is 0 Å². The second-order valence-corrected chi connectivity index (χ2v) is 7.31. The molecule has 0 unspecified atom stereocenters. The van der Waals surface area contributed by atoms with E-state index in [1.165, 1.54) is 0 Å². The quantitative estimate of drug-likeness (QED) is 0.799. The van der Waals surface area contributed by atoms with Gasteiger partial charge < -0.3 is 10.0 Å². The number of hydrogen-bond acceptors (Lipinski definition) is 4. The molecule has 0 radical (unpaired) electrons. The lowest BCUT2D eigenvalue weighted by atomic mass is 9.88. The number of ketones is 1. The molecule has 0 saturated carbocycles. The second-order valence-electron chi connectivity index (χ2n) is 7.31. The lowest BCUT2D eigenvalue weighted by Crippen LogP contribution is -2.42. The number of aliphatic hydroxyl groups is 1. The molecule has 2 aromatic rings. The van der Waals surface area contributed by atoms with Crippen molar-refractivity contribution in [1.82, 2.24) is 0 Å². The van der Waals surface area contributed by atoms with Crippen molar-refractivity contribution in [3.05, 3.63) is 65.2 Å². The van der Waals surface area contributed by atoms with Crippen LogP contribution in [0.1, 0.15) is 48.2 Å². The lowest BCUT2D eigenvalue weighted by molar-refractivity contribution is -0.135. The van der Waals surface area contributed by atoms with E-state index in [0.717, 1.165) is 6.42 Å². The Hall–Kier alpha value is -2.97. The summed E-state index contributed by atoms with van der Waals surface area (Å²) in [5.41, 5.74) is 0.0956. The van der Waals surface area contributed by atoms with Crippen molar-refractivity contribution < 1.29 is 14.7 Å². The van der Waals surface area contributed by atoms with Crippen molar-refractivity contribution in [2.75, 3.05) is 11.4 Å². The molecule has 1 aliphatic rings. The van der Waals surface area contributed by atoms with E-state index in [1.807, 2.05) is 12.1 Å². The minimum absolute atomic E-state index is 0.326. The molecule has 1 atom stereocenters. The van der Waals surface area contributed by atoms with Crippen molar-refractivity contribution in [1.29, 1.82) is 5.26 Å². The third kappa shape index (κ3) is 3.49. The Morgan fingerprint density at radius 1 is 1.19 bits per heavy atom. The van der Waals surface area contributed by atoms with Gasteiger partial charge in [0.1, 0.15) is 0 Å². The van der Waals surface area contributed by atoms with Gasteiger partial charge in [0.15, 0.2) is 11.4 Å². The third-order valence-electron chi connectivity index (χ3n) is 4.92. The molecule has 0 aromatic heterocycles. The highest BCUT2D eigenvalue weighted by Crippen LogP contribution is 2.43. The SMILES string of the molecule is CC(C)CCN1C(=O)[C@](O)(CC(=O)c2ccc(C#N)cc2)c2ccccc21. The van der Waals surface area contributed by atoms with E-state index in [1.54, 1.807) is 47.4 Å². The number of rotatable bonds is 6. The number of amides is 1. The van der Waals surface area contributed by atoms with Gasteiger partial charge in [-0.3, -0.25) is 9.59 Å². The number of fused-ring (bicyclic) bond motifs is 1. The van der Waals surface area contributed by atoms with Crippen LogP contribution >= 0.6 is 0 Å². The van der Waals surface area contributed by atoms with Crippen LogP contribution in [0.5, 0.6) is 0 Å². The molecule has 138 valence electrons. The second kappa shape index (κ2) is 7.34. The van der Waals surface area contributed by atoms with Gasteiger partial charge >= 0.3 is 0 Å². The first-order chi connectivity index (χ1) is 12.9. The highest BCUT2D eigenvalue weighted by molar-refractivity contribution is 6.10. The van der Waals surface area contributed by atoms with Crippen LogP contribution in [0.25, 0.3) is 0 Å². The number of anilines is 1. The zero-order valence-electron chi connectivity index (χ0n) is 15.5. The van der Waals surface area contributed by atoms with Gasteiger partial charge in [0.2, 0.25) is 0 Å². The van der Waals surface area contributed by atoms with Crippen molar-refractivity contribution in [3.63, 3.8) is 0 Å². The standard InChI is InChI=1S/C22H22N2O3/c1-15(2)11-12-24-19-6-4-3-5-18(19)22(27,21(24)26)13-20(25)17-9-7-16(14-23)8-10-17/h3-10,15,27H,11-13H2,1-2H3/t22-/m0/s1. The molecular formula is C22H22N2O3. The van der Waals surface area contributed by atoms with Crippen molar-refractivity contribution >= 4 is 17.4 Å². The fourth-order valence-electron chi connectivity index (χ4n) is 3.35. The van der Waals surface area contributed by atoms with Crippen LogP contribution in [0, 0.1) is 17.2 Å². The minimum atomic E-state index is -1.86. The first-order valence-electron chi connectivity index (χ1n) is 9.04. The average Bonchev–Trinajstić information content (AvgIpc) is 2.87. The number of carbonyl (C=O) groups is 2. The fourth-order valence-corrected chi connectivity index (χ4v) is 3.35. The summed E-state index contributed by atoms with van der Waals surface area (Å²) in [5, 5.41) is 20.1. The predicted molar refractivity (Wildman–Crippen MR) is 102 cm³/mol. The summed E-state index contributed by atoms with van der Waals surface area (Å²) in [7, 11) is 0. The fraction of sp³-hybridized carbons (Fsp3) is 0.318. The number of nitrogens with zero attached hydrogens (tertiary/aromatic N) is 2. The molecule has 0 aliphatic carbocycles. The van der Waals surface area contributed by atoms with E-state index < -0.39 is 11.5 Å². The number of para-hydroxylation sites is 1. The van der Waals surface area contributed by atoms with Crippen LogP contribution in [0.3, 0.4) is 0 Å². The highest BCUT2D eigenvalue weighted by atomic mass is 16.3. The van der Waals surface area contributed by atoms with E-state index in [4.69, 9.17) is 5.26 Å². The maximum absolute atomic E-state index is 13.0. The molecule has 0 fully saturated rings. The first-order valence-corrected chi connectivity index (χ1v) is 9.04. The maximum Gasteiger partial charge on any atom is 0.264 e. The molecule has 2 aromatic carbocycles. The number of nitriles is 1. The van der Waals surface area contributed by atoms with Gasteiger partial charge in [-0.25, -0.2) is 0 Å². The van der Waals surface area contributed by atoms with Crippen LogP contribution in [-0.2, 0) is 10.4 Å². The molecule has 27 heavy (non-hydrogen) atoms. The maximum atomic E-state index is 13.0. The van der Waals surface area contributed by atoms with Gasteiger partial charge in [-0.2, -0.15) is 5.26 Å². The van der Waals surface area contributed by atoms with E-state index in [9.17, 15) is 14.7 Å². The van der Waals surface area contributed by atoms with E-state index in [-0.39, 0.29) is 12.2 Å². The molecule has 1 amide bonds. The number of hydrogen-bond donors (Lipinski definition) is 1. The smallest absolute Gasteiger partial charge is 0.264 e. The number of benzene rings is 2. The Kier molecular flexibility index (Phi) is 5.11. The average molecular weight is 362 g/mol. The zero-order chi connectivity index (χ0) is 19.6. The largest absolute Gasteiger partial charge is 0.375 e. The molecule has 5 heteroatoms. The molecule has 1 heterocycles. The van der Waals surface area contributed by atoms with Crippen molar-refractivity contribution in [2.45, 2.75) is 32.3 Å². The Labute approximate surface area is 158 Å². The van der Waals surface area contributed by atoms with Crippen LogP contribution in [0.4, 0.5) is 5.69 Å². The summed E-state index contributed by atoms with van der Waals surface area (Å²) in [6, 6.07) is 15.3. The van der Waals surface area contributed by atoms with Gasteiger partial charge in [-0.15, -0.1) is 0 Å². The van der Waals surface area contributed by atoms with Crippen LogP contribution in [0.2, 0.25) is 0 Å². The number of Topliss-reactive ketones (excluding diaryl/α,β-unsaturated/α-hetero) is 1. The topological polar surface area (TPSA) is 81.4 Å². The summed E-state index contributed by atoms with van der Waals surface area (Å²) >= 11 is 0. The molecule has 3 rings (SSSR count).